The van der Waals surface area contributed by atoms with E-state index in [9.17, 15) is 0 Å². The van der Waals surface area contributed by atoms with Crippen LogP contribution < -0.4 is 0 Å². The Kier molecular flexibility index (Phi) is 6.20. The van der Waals surface area contributed by atoms with Crippen molar-refractivity contribution in [2.75, 3.05) is 32.8 Å². The monoisotopic (exact) mass is 199 g/mol. The van der Waals surface area contributed by atoms with Gasteiger partial charge in [-0.1, -0.05) is 26.2 Å². The number of rotatable bonds is 8. The number of hydrogen-bond acceptors (Lipinski definition) is 2. The summed E-state index contributed by atoms with van der Waals surface area (Å²) in [6, 6.07) is 0. The Morgan fingerprint density at radius 1 is 1.14 bits per heavy atom. The van der Waals surface area contributed by atoms with E-state index in [0.717, 1.165) is 19.1 Å². The maximum atomic E-state index is 5.40. The van der Waals surface area contributed by atoms with Crippen LogP contribution in [-0.2, 0) is 4.74 Å². The number of likely N-dealkylation sites (tertiary alicyclic amines) is 1. The molecule has 1 fully saturated rings. The predicted octanol–water partition coefficient (Wildman–Crippen LogP) is 2.54. The van der Waals surface area contributed by atoms with Gasteiger partial charge < -0.3 is 9.64 Å². The van der Waals surface area contributed by atoms with E-state index in [1.807, 2.05) is 0 Å². The van der Waals surface area contributed by atoms with Crippen molar-refractivity contribution in [3.8, 4) is 0 Å². The molecule has 0 aromatic carbocycles. The molecule has 1 saturated heterocycles. The maximum absolute atomic E-state index is 5.40. The third-order valence-corrected chi connectivity index (χ3v) is 2.92. The topological polar surface area (TPSA) is 12.5 Å². The van der Waals surface area contributed by atoms with E-state index < -0.39 is 0 Å². The summed E-state index contributed by atoms with van der Waals surface area (Å²) in [6.45, 7) is 10.0. The fourth-order valence-electron chi connectivity index (χ4n) is 2.01. The van der Waals surface area contributed by atoms with E-state index in [0.29, 0.717) is 0 Å². The molecule has 84 valence electrons. The van der Waals surface area contributed by atoms with Gasteiger partial charge in [0.1, 0.15) is 0 Å². The van der Waals surface area contributed by atoms with Crippen LogP contribution in [0.15, 0.2) is 0 Å². The molecule has 1 rings (SSSR count). The Morgan fingerprint density at radius 3 is 2.57 bits per heavy atom. The first-order valence-electron chi connectivity index (χ1n) is 6.16. The minimum atomic E-state index is 0.820. The Hall–Kier alpha value is -0.0800. The van der Waals surface area contributed by atoms with Gasteiger partial charge in [-0.05, 0) is 19.9 Å². The Bertz CT molecular complexity index is 130. The van der Waals surface area contributed by atoms with Gasteiger partial charge in [0, 0.05) is 25.6 Å². The van der Waals surface area contributed by atoms with Crippen molar-refractivity contribution < 1.29 is 4.74 Å². The summed E-state index contributed by atoms with van der Waals surface area (Å²) in [7, 11) is 0. The van der Waals surface area contributed by atoms with Gasteiger partial charge in [-0.15, -0.1) is 0 Å². The predicted molar refractivity (Wildman–Crippen MR) is 60.6 cm³/mol. The van der Waals surface area contributed by atoms with Crippen LogP contribution in [0.4, 0.5) is 0 Å². The SMILES string of the molecule is CCCCCCN1CC(COCC)C1. The van der Waals surface area contributed by atoms with E-state index in [4.69, 9.17) is 4.74 Å². The molecule has 1 aliphatic heterocycles. The zero-order chi connectivity index (χ0) is 10.2. The van der Waals surface area contributed by atoms with E-state index in [1.165, 1.54) is 45.3 Å². The van der Waals surface area contributed by atoms with Gasteiger partial charge in [0.2, 0.25) is 0 Å². The molecule has 1 aliphatic rings. The van der Waals surface area contributed by atoms with Crippen LogP contribution in [0.25, 0.3) is 0 Å². The van der Waals surface area contributed by atoms with Crippen LogP contribution in [0, 0.1) is 5.92 Å². The van der Waals surface area contributed by atoms with Crippen LogP contribution in [0.1, 0.15) is 39.5 Å². The molecular weight excluding hydrogens is 174 g/mol. The first-order valence-corrected chi connectivity index (χ1v) is 6.16. The van der Waals surface area contributed by atoms with Crippen molar-refractivity contribution in [3.05, 3.63) is 0 Å². The number of hydrogen-bond donors (Lipinski definition) is 0. The Labute approximate surface area is 88.6 Å². The van der Waals surface area contributed by atoms with Gasteiger partial charge in [0.15, 0.2) is 0 Å². The summed E-state index contributed by atoms with van der Waals surface area (Å²) >= 11 is 0. The Balaban J connectivity index is 1.84. The van der Waals surface area contributed by atoms with Crippen LogP contribution in [0.2, 0.25) is 0 Å². The smallest absolute Gasteiger partial charge is 0.0518 e. The maximum Gasteiger partial charge on any atom is 0.0518 e. The second kappa shape index (κ2) is 7.24. The second-order valence-electron chi connectivity index (χ2n) is 4.35. The molecule has 0 aromatic heterocycles. The molecule has 0 saturated carbocycles. The van der Waals surface area contributed by atoms with E-state index >= 15 is 0 Å². The van der Waals surface area contributed by atoms with Crippen molar-refractivity contribution in [3.63, 3.8) is 0 Å². The molecule has 0 aliphatic carbocycles. The normalized spacial score (nSPS) is 18.4. The van der Waals surface area contributed by atoms with Gasteiger partial charge in [-0.25, -0.2) is 0 Å². The molecule has 2 nitrogen and oxygen atoms in total. The van der Waals surface area contributed by atoms with Crippen molar-refractivity contribution >= 4 is 0 Å². The lowest BCUT2D eigenvalue weighted by Crippen LogP contribution is -2.48. The zero-order valence-electron chi connectivity index (χ0n) is 9.80. The lowest BCUT2D eigenvalue weighted by Gasteiger charge is -2.39. The molecule has 0 unspecified atom stereocenters. The van der Waals surface area contributed by atoms with E-state index in [2.05, 4.69) is 18.7 Å². The van der Waals surface area contributed by atoms with Crippen LogP contribution in [0.5, 0.6) is 0 Å². The number of nitrogens with zero attached hydrogens (tertiary/aromatic N) is 1. The first-order chi connectivity index (χ1) is 6.86. The highest BCUT2D eigenvalue weighted by Gasteiger charge is 2.25. The molecule has 0 spiro atoms. The van der Waals surface area contributed by atoms with Gasteiger partial charge in [0.25, 0.3) is 0 Å². The Morgan fingerprint density at radius 2 is 1.93 bits per heavy atom. The summed E-state index contributed by atoms with van der Waals surface area (Å²) in [4.78, 5) is 2.55. The summed E-state index contributed by atoms with van der Waals surface area (Å²) in [5, 5.41) is 0. The minimum absolute atomic E-state index is 0.820. The fraction of sp³-hybridized carbons (Fsp3) is 1.00. The molecule has 1 heterocycles. The standard InChI is InChI=1S/C12H25NO/c1-3-5-6-7-8-13-9-12(10-13)11-14-4-2/h12H,3-11H2,1-2H3. The van der Waals surface area contributed by atoms with Gasteiger partial charge >= 0.3 is 0 Å². The summed E-state index contributed by atoms with van der Waals surface area (Å²) in [6.07, 6.45) is 5.53. The lowest BCUT2D eigenvalue weighted by atomic mass is 10.0. The number of unbranched alkanes of at least 4 members (excludes halogenated alkanes) is 3. The fourth-order valence-corrected chi connectivity index (χ4v) is 2.01. The van der Waals surface area contributed by atoms with Crippen molar-refractivity contribution in [2.24, 2.45) is 5.92 Å². The van der Waals surface area contributed by atoms with Crippen LogP contribution in [-0.4, -0.2) is 37.7 Å². The average Bonchev–Trinajstić information content (AvgIpc) is 2.14. The van der Waals surface area contributed by atoms with Gasteiger partial charge in [-0.2, -0.15) is 0 Å². The quantitative estimate of drug-likeness (QED) is 0.557. The highest BCUT2D eigenvalue weighted by atomic mass is 16.5. The molecular formula is C12H25NO. The molecule has 0 N–H and O–H groups in total. The third-order valence-electron chi connectivity index (χ3n) is 2.92. The van der Waals surface area contributed by atoms with Crippen molar-refractivity contribution in [1.29, 1.82) is 0 Å². The molecule has 0 radical (unpaired) electrons. The lowest BCUT2D eigenvalue weighted by molar-refractivity contribution is 0.0182. The average molecular weight is 199 g/mol. The molecule has 0 aromatic rings. The zero-order valence-corrected chi connectivity index (χ0v) is 9.80. The van der Waals surface area contributed by atoms with E-state index in [1.54, 1.807) is 0 Å². The molecule has 14 heavy (non-hydrogen) atoms. The minimum Gasteiger partial charge on any atom is -0.381 e. The van der Waals surface area contributed by atoms with Gasteiger partial charge in [-0.3, -0.25) is 0 Å². The molecule has 0 bridgehead atoms. The van der Waals surface area contributed by atoms with Gasteiger partial charge in [0.05, 0.1) is 6.61 Å². The highest BCUT2D eigenvalue weighted by Crippen LogP contribution is 2.16. The van der Waals surface area contributed by atoms with Crippen molar-refractivity contribution in [2.45, 2.75) is 39.5 Å². The molecule has 0 amide bonds. The summed E-state index contributed by atoms with van der Waals surface area (Å²) < 4.78 is 5.40. The number of ether oxygens (including phenoxy) is 1. The molecule has 2 heteroatoms. The molecule has 0 atom stereocenters. The third kappa shape index (κ3) is 4.43. The van der Waals surface area contributed by atoms with E-state index in [-0.39, 0.29) is 0 Å². The van der Waals surface area contributed by atoms with Crippen LogP contribution >= 0.6 is 0 Å². The first kappa shape index (κ1) is 12.0. The second-order valence-corrected chi connectivity index (χ2v) is 4.35. The summed E-state index contributed by atoms with van der Waals surface area (Å²) in [5.74, 6) is 0.820. The largest absolute Gasteiger partial charge is 0.381 e. The van der Waals surface area contributed by atoms with Crippen LogP contribution in [0.3, 0.4) is 0 Å². The highest BCUT2D eigenvalue weighted by molar-refractivity contribution is 4.79. The summed E-state index contributed by atoms with van der Waals surface area (Å²) in [5.41, 5.74) is 0. The van der Waals surface area contributed by atoms with Crippen molar-refractivity contribution in [1.82, 2.24) is 4.90 Å².